The molecule has 0 aliphatic carbocycles. The van der Waals surface area contributed by atoms with Crippen molar-refractivity contribution in [2.75, 3.05) is 13.6 Å². The largest absolute Gasteiger partial charge is 0.322 e. The number of nitrogens with zero attached hydrogens (tertiary/aromatic N) is 3. The first-order valence-corrected chi connectivity index (χ1v) is 9.40. The van der Waals surface area contributed by atoms with Gasteiger partial charge in [-0.25, -0.2) is 4.98 Å². The highest BCUT2D eigenvalue weighted by Crippen LogP contribution is 2.23. The molecule has 1 aromatic heterocycles. The Balaban J connectivity index is 1.97. The summed E-state index contributed by atoms with van der Waals surface area (Å²) in [5, 5.41) is 1.48. The molecule has 0 N–H and O–H groups in total. The highest BCUT2D eigenvalue weighted by atomic mass is 35.5. The zero-order valence-corrected chi connectivity index (χ0v) is 16.2. The maximum Gasteiger partial charge on any atom is 0.124 e. The Morgan fingerprint density at radius 1 is 1.08 bits per heavy atom. The quantitative estimate of drug-likeness (QED) is 0.533. The van der Waals surface area contributed by atoms with E-state index in [-0.39, 0.29) is 0 Å². The maximum absolute atomic E-state index is 6.23. The lowest BCUT2D eigenvalue weighted by Gasteiger charge is -2.17. The standard InChI is InChI=1S/C20H23Cl2N3/c1-3-4-10-24(2)14-20-23-18-9-8-17(22)12-19(18)25(20)13-15-6-5-7-16(21)11-15/h5-9,11-12H,3-4,10,13-14H2,1-2H3. The van der Waals surface area contributed by atoms with E-state index in [4.69, 9.17) is 28.2 Å². The average Bonchev–Trinajstić information content (AvgIpc) is 2.90. The number of benzene rings is 2. The summed E-state index contributed by atoms with van der Waals surface area (Å²) in [6.45, 7) is 4.82. The van der Waals surface area contributed by atoms with Crippen molar-refractivity contribution in [1.29, 1.82) is 0 Å². The van der Waals surface area contributed by atoms with Crippen LogP contribution in [0.1, 0.15) is 31.2 Å². The molecule has 0 fully saturated rings. The van der Waals surface area contributed by atoms with Crippen LogP contribution in [0.3, 0.4) is 0 Å². The fourth-order valence-electron chi connectivity index (χ4n) is 3.01. The predicted molar refractivity (Wildman–Crippen MR) is 107 cm³/mol. The van der Waals surface area contributed by atoms with Crippen molar-refractivity contribution in [2.45, 2.75) is 32.9 Å². The van der Waals surface area contributed by atoms with Gasteiger partial charge in [-0.2, -0.15) is 0 Å². The van der Waals surface area contributed by atoms with Crippen molar-refractivity contribution in [3.63, 3.8) is 0 Å². The molecule has 0 saturated carbocycles. The van der Waals surface area contributed by atoms with E-state index in [1.54, 1.807) is 0 Å². The summed E-state index contributed by atoms with van der Waals surface area (Å²) >= 11 is 12.4. The van der Waals surface area contributed by atoms with Gasteiger partial charge in [-0.3, -0.25) is 4.90 Å². The van der Waals surface area contributed by atoms with Gasteiger partial charge in [-0.15, -0.1) is 0 Å². The van der Waals surface area contributed by atoms with Crippen LogP contribution < -0.4 is 0 Å². The van der Waals surface area contributed by atoms with E-state index >= 15 is 0 Å². The fourth-order valence-corrected chi connectivity index (χ4v) is 3.39. The number of fused-ring (bicyclic) bond motifs is 1. The van der Waals surface area contributed by atoms with Crippen molar-refractivity contribution < 1.29 is 0 Å². The molecule has 132 valence electrons. The Hall–Kier alpha value is -1.55. The first-order valence-electron chi connectivity index (χ1n) is 8.64. The molecular formula is C20H23Cl2N3. The Bertz CT molecular complexity index is 857. The monoisotopic (exact) mass is 375 g/mol. The molecule has 3 aromatic rings. The second kappa shape index (κ2) is 8.22. The number of hydrogen-bond acceptors (Lipinski definition) is 2. The van der Waals surface area contributed by atoms with Crippen LogP contribution in [0.2, 0.25) is 10.0 Å². The molecule has 3 nitrogen and oxygen atoms in total. The van der Waals surface area contributed by atoms with Gasteiger partial charge < -0.3 is 4.57 Å². The smallest absolute Gasteiger partial charge is 0.124 e. The molecule has 0 amide bonds. The summed E-state index contributed by atoms with van der Waals surface area (Å²) in [4.78, 5) is 7.17. The molecule has 1 heterocycles. The lowest BCUT2D eigenvalue weighted by molar-refractivity contribution is 0.309. The number of unbranched alkanes of at least 4 members (excludes halogenated alkanes) is 1. The van der Waals surface area contributed by atoms with Gasteiger partial charge in [0.2, 0.25) is 0 Å². The van der Waals surface area contributed by atoms with Crippen LogP contribution in [0.25, 0.3) is 11.0 Å². The molecule has 0 unspecified atom stereocenters. The van der Waals surface area contributed by atoms with Gasteiger partial charge in [-0.1, -0.05) is 48.7 Å². The number of hydrogen-bond donors (Lipinski definition) is 0. The third-order valence-corrected chi connectivity index (χ3v) is 4.79. The lowest BCUT2D eigenvalue weighted by atomic mass is 10.2. The molecule has 0 aliphatic rings. The van der Waals surface area contributed by atoms with Gasteiger partial charge in [0.05, 0.1) is 17.6 Å². The van der Waals surface area contributed by atoms with E-state index in [2.05, 4.69) is 29.5 Å². The molecule has 0 bridgehead atoms. The minimum Gasteiger partial charge on any atom is -0.322 e. The number of imidazole rings is 1. The van der Waals surface area contributed by atoms with Gasteiger partial charge in [0.15, 0.2) is 0 Å². The van der Waals surface area contributed by atoms with E-state index < -0.39 is 0 Å². The second-order valence-corrected chi connectivity index (χ2v) is 7.34. The predicted octanol–water partition coefficient (Wildman–Crippen LogP) is 5.62. The van der Waals surface area contributed by atoms with E-state index in [1.165, 1.54) is 12.8 Å². The fraction of sp³-hybridized carbons (Fsp3) is 0.350. The highest BCUT2D eigenvalue weighted by Gasteiger charge is 2.13. The van der Waals surface area contributed by atoms with E-state index in [0.29, 0.717) is 0 Å². The van der Waals surface area contributed by atoms with Crippen LogP contribution in [-0.2, 0) is 13.1 Å². The van der Waals surface area contributed by atoms with Crippen LogP contribution in [-0.4, -0.2) is 28.0 Å². The molecule has 0 spiro atoms. The average molecular weight is 376 g/mol. The zero-order chi connectivity index (χ0) is 17.8. The summed E-state index contributed by atoms with van der Waals surface area (Å²) in [7, 11) is 2.14. The molecule has 5 heteroatoms. The zero-order valence-electron chi connectivity index (χ0n) is 14.7. The molecule has 0 atom stereocenters. The maximum atomic E-state index is 6.23. The summed E-state index contributed by atoms with van der Waals surface area (Å²) in [5.74, 6) is 1.05. The van der Waals surface area contributed by atoms with Crippen molar-refractivity contribution in [3.05, 3.63) is 63.9 Å². The Labute approximate surface area is 159 Å². The summed E-state index contributed by atoms with van der Waals surface area (Å²) in [6.07, 6.45) is 2.38. The van der Waals surface area contributed by atoms with Crippen molar-refractivity contribution in [3.8, 4) is 0 Å². The summed E-state index contributed by atoms with van der Waals surface area (Å²) in [5.41, 5.74) is 3.20. The summed E-state index contributed by atoms with van der Waals surface area (Å²) < 4.78 is 2.25. The van der Waals surface area contributed by atoms with Gasteiger partial charge in [0.1, 0.15) is 5.82 Å². The number of halogens is 2. The normalized spacial score (nSPS) is 11.6. The van der Waals surface area contributed by atoms with E-state index in [0.717, 1.165) is 52.1 Å². The molecule has 0 aliphatic heterocycles. The Kier molecular flexibility index (Phi) is 6.00. The van der Waals surface area contributed by atoms with Crippen LogP contribution in [0.4, 0.5) is 0 Å². The molecule has 0 saturated heterocycles. The SMILES string of the molecule is CCCCN(C)Cc1nc2ccc(Cl)cc2n1Cc1cccc(Cl)c1. The van der Waals surface area contributed by atoms with Crippen LogP contribution in [0, 0.1) is 0 Å². The minimum atomic E-state index is 0.727. The van der Waals surface area contributed by atoms with Gasteiger partial charge in [0.25, 0.3) is 0 Å². The van der Waals surface area contributed by atoms with Crippen LogP contribution in [0.5, 0.6) is 0 Å². The molecule has 0 radical (unpaired) electrons. The summed E-state index contributed by atoms with van der Waals surface area (Å²) in [6, 6.07) is 13.8. The van der Waals surface area contributed by atoms with E-state index in [9.17, 15) is 0 Å². The Morgan fingerprint density at radius 3 is 2.64 bits per heavy atom. The third-order valence-electron chi connectivity index (χ3n) is 4.32. The van der Waals surface area contributed by atoms with Crippen molar-refractivity contribution in [1.82, 2.24) is 14.5 Å². The molecular weight excluding hydrogens is 353 g/mol. The Morgan fingerprint density at radius 2 is 1.88 bits per heavy atom. The van der Waals surface area contributed by atoms with Crippen LogP contribution >= 0.6 is 23.2 Å². The minimum absolute atomic E-state index is 0.727. The van der Waals surface area contributed by atoms with Gasteiger partial charge in [0, 0.05) is 16.6 Å². The number of rotatable bonds is 7. The molecule has 25 heavy (non-hydrogen) atoms. The topological polar surface area (TPSA) is 21.1 Å². The van der Waals surface area contributed by atoms with E-state index in [1.807, 2.05) is 36.4 Å². The van der Waals surface area contributed by atoms with Crippen molar-refractivity contribution in [2.24, 2.45) is 0 Å². The first-order chi connectivity index (χ1) is 12.1. The third kappa shape index (κ3) is 4.55. The molecule has 3 rings (SSSR count). The first kappa shape index (κ1) is 18.2. The lowest BCUT2D eigenvalue weighted by Crippen LogP contribution is -2.21. The van der Waals surface area contributed by atoms with Crippen molar-refractivity contribution >= 4 is 34.2 Å². The molecule has 2 aromatic carbocycles. The highest BCUT2D eigenvalue weighted by molar-refractivity contribution is 6.31. The second-order valence-electron chi connectivity index (χ2n) is 6.47. The van der Waals surface area contributed by atoms with Crippen LogP contribution in [0.15, 0.2) is 42.5 Å². The van der Waals surface area contributed by atoms with Gasteiger partial charge >= 0.3 is 0 Å². The van der Waals surface area contributed by atoms with Gasteiger partial charge in [-0.05, 0) is 55.9 Å². The number of aromatic nitrogens is 2.